The van der Waals surface area contributed by atoms with Crippen molar-refractivity contribution in [1.82, 2.24) is 9.47 Å². The highest BCUT2D eigenvalue weighted by atomic mass is 16.6. The van der Waals surface area contributed by atoms with Gasteiger partial charge in [-0.05, 0) is 38.0 Å². The first kappa shape index (κ1) is 20.5. The van der Waals surface area contributed by atoms with E-state index in [4.69, 9.17) is 4.74 Å². The van der Waals surface area contributed by atoms with Crippen molar-refractivity contribution < 1.29 is 19.2 Å². The molecule has 1 aliphatic heterocycles. The summed E-state index contributed by atoms with van der Waals surface area (Å²) in [5.74, 6) is -0.568. The van der Waals surface area contributed by atoms with E-state index in [9.17, 15) is 19.7 Å². The van der Waals surface area contributed by atoms with Gasteiger partial charge in [-0.2, -0.15) is 0 Å². The largest absolute Gasteiger partial charge is 0.464 e. The number of methoxy groups -OCH3 is 1. The number of ether oxygens (including phenoxy) is 1. The van der Waals surface area contributed by atoms with E-state index < -0.39 is 4.92 Å². The summed E-state index contributed by atoms with van der Waals surface area (Å²) < 4.78 is 6.76. The lowest BCUT2D eigenvalue weighted by molar-refractivity contribution is -0.385. The minimum atomic E-state index is -0.459. The number of aromatic nitrogens is 1. The molecule has 0 unspecified atom stereocenters. The molecule has 2 aromatic rings. The van der Waals surface area contributed by atoms with Gasteiger partial charge in [-0.1, -0.05) is 6.07 Å². The smallest absolute Gasteiger partial charge is 0.354 e. The number of nitro groups is 1. The number of benzene rings is 1. The van der Waals surface area contributed by atoms with Gasteiger partial charge < -0.3 is 14.6 Å². The summed E-state index contributed by atoms with van der Waals surface area (Å²) in [5.41, 5.74) is 1.48. The molecular formula is C20H24N4O5. The van der Waals surface area contributed by atoms with Gasteiger partial charge in [0.05, 0.1) is 18.6 Å². The number of rotatable bonds is 6. The highest BCUT2D eigenvalue weighted by Crippen LogP contribution is 2.25. The number of nitrogens with one attached hydrogen (secondary N) is 1. The number of anilines is 1. The van der Waals surface area contributed by atoms with E-state index >= 15 is 0 Å². The van der Waals surface area contributed by atoms with Crippen LogP contribution in [0.5, 0.6) is 0 Å². The maximum absolute atomic E-state index is 12.4. The van der Waals surface area contributed by atoms with Crippen molar-refractivity contribution in [3.8, 4) is 0 Å². The van der Waals surface area contributed by atoms with Crippen LogP contribution in [0.2, 0.25) is 0 Å². The highest BCUT2D eigenvalue weighted by Gasteiger charge is 2.25. The summed E-state index contributed by atoms with van der Waals surface area (Å²) in [6, 6.07) is 8.40. The molecule has 0 saturated carbocycles. The number of hydrogen-bond acceptors (Lipinski definition) is 6. The second kappa shape index (κ2) is 8.87. The first-order valence-electron chi connectivity index (χ1n) is 9.41. The number of likely N-dealkylation sites (tertiary alicyclic amines) is 1. The number of aryl methyl sites for hydroxylation is 1. The minimum Gasteiger partial charge on any atom is -0.464 e. The van der Waals surface area contributed by atoms with Crippen LogP contribution in [-0.2, 0) is 9.53 Å². The Hall–Kier alpha value is -3.20. The predicted octanol–water partition coefficient (Wildman–Crippen LogP) is 2.77. The van der Waals surface area contributed by atoms with Gasteiger partial charge in [-0.15, -0.1) is 0 Å². The molecule has 9 heteroatoms. The van der Waals surface area contributed by atoms with Crippen molar-refractivity contribution in [1.29, 1.82) is 0 Å². The summed E-state index contributed by atoms with van der Waals surface area (Å²) in [6.07, 6.45) is 3.49. The van der Waals surface area contributed by atoms with E-state index in [-0.39, 0.29) is 30.2 Å². The normalized spacial score (nSPS) is 15.1. The lowest BCUT2D eigenvalue weighted by Crippen LogP contribution is -2.40. The summed E-state index contributed by atoms with van der Waals surface area (Å²) >= 11 is 0. The van der Waals surface area contributed by atoms with Gasteiger partial charge in [0.1, 0.15) is 5.69 Å². The first-order chi connectivity index (χ1) is 13.9. The molecule has 2 heterocycles. The number of carbonyl (C=O) groups is 2. The molecule has 9 nitrogen and oxygen atoms in total. The summed E-state index contributed by atoms with van der Waals surface area (Å²) in [6.45, 7) is 3.30. The zero-order valence-corrected chi connectivity index (χ0v) is 16.5. The maximum atomic E-state index is 12.4. The van der Waals surface area contributed by atoms with Gasteiger partial charge in [0.2, 0.25) is 5.91 Å². The Bertz CT molecular complexity index is 915. The van der Waals surface area contributed by atoms with Crippen LogP contribution in [0.3, 0.4) is 0 Å². The number of nitro benzene ring substituents is 1. The molecule has 1 aromatic heterocycles. The molecule has 1 amide bonds. The van der Waals surface area contributed by atoms with Gasteiger partial charge in [-0.3, -0.25) is 19.8 Å². The fraction of sp³-hybridized carbons (Fsp3) is 0.400. The SMILES string of the molecule is COC(=O)c1cccn1C1CCN(CC(=O)Nc2ccc(C)c([N+](=O)[O-])c2)CC1. The van der Waals surface area contributed by atoms with Crippen molar-refractivity contribution in [2.45, 2.75) is 25.8 Å². The Morgan fingerprint density at radius 2 is 2.00 bits per heavy atom. The van der Waals surface area contributed by atoms with Gasteiger partial charge in [0, 0.05) is 42.6 Å². The fourth-order valence-electron chi connectivity index (χ4n) is 3.63. The zero-order valence-electron chi connectivity index (χ0n) is 16.5. The van der Waals surface area contributed by atoms with E-state index in [1.54, 1.807) is 25.1 Å². The van der Waals surface area contributed by atoms with Crippen LogP contribution in [0.25, 0.3) is 0 Å². The second-order valence-corrected chi connectivity index (χ2v) is 7.11. The Balaban J connectivity index is 1.54. The molecule has 154 valence electrons. The van der Waals surface area contributed by atoms with Crippen LogP contribution < -0.4 is 5.32 Å². The van der Waals surface area contributed by atoms with E-state index in [0.717, 1.165) is 12.8 Å². The molecule has 0 radical (unpaired) electrons. The molecule has 1 aromatic carbocycles. The molecule has 1 saturated heterocycles. The maximum Gasteiger partial charge on any atom is 0.354 e. The van der Waals surface area contributed by atoms with Crippen molar-refractivity contribution in [3.63, 3.8) is 0 Å². The fourth-order valence-corrected chi connectivity index (χ4v) is 3.63. The van der Waals surface area contributed by atoms with E-state index in [2.05, 4.69) is 5.32 Å². The van der Waals surface area contributed by atoms with Crippen molar-refractivity contribution >= 4 is 23.3 Å². The Kier molecular flexibility index (Phi) is 6.28. The first-order valence-corrected chi connectivity index (χ1v) is 9.41. The van der Waals surface area contributed by atoms with E-state index in [1.165, 1.54) is 13.2 Å². The van der Waals surface area contributed by atoms with Crippen LogP contribution in [0, 0.1) is 17.0 Å². The van der Waals surface area contributed by atoms with Crippen LogP contribution in [0.1, 0.15) is 34.9 Å². The van der Waals surface area contributed by atoms with Crippen molar-refractivity contribution in [2.75, 3.05) is 32.1 Å². The van der Waals surface area contributed by atoms with E-state index in [0.29, 0.717) is 30.0 Å². The van der Waals surface area contributed by atoms with Crippen LogP contribution in [0.4, 0.5) is 11.4 Å². The monoisotopic (exact) mass is 400 g/mol. The van der Waals surface area contributed by atoms with E-state index in [1.807, 2.05) is 21.7 Å². The number of esters is 1. The summed E-state index contributed by atoms with van der Waals surface area (Å²) in [4.78, 5) is 36.8. The number of amides is 1. The Morgan fingerprint density at radius 1 is 1.28 bits per heavy atom. The minimum absolute atomic E-state index is 0.0169. The average Bonchev–Trinajstić information content (AvgIpc) is 3.19. The summed E-state index contributed by atoms with van der Waals surface area (Å²) in [7, 11) is 1.36. The number of nitrogens with zero attached hydrogens (tertiary/aromatic N) is 3. The average molecular weight is 400 g/mol. The molecule has 29 heavy (non-hydrogen) atoms. The van der Waals surface area contributed by atoms with Crippen LogP contribution in [-0.4, -0.2) is 53.0 Å². The molecule has 1 N–H and O–H groups in total. The van der Waals surface area contributed by atoms with Gasteiger partial charge in [-0.25, -0.2) is 4.79 Å². The zero-order chi connectivity index (χ0) is 21.0. The van der Waals surface area contributed by atoms with Crippen LogP contribution in [0.15, 0.2) is 36.5 Å². The van der Waals surface area contributed by atoms with Crippen LogP contribution >= 0.6 is 0 Å². The standard InChI is InChI=1S/C20H24N4O5/c1-14-5-6-15(12-18(14)24(27)28)21-19(25)13-22-10-7-16(8-11-22)23-9-3-4-17(23)20(26)29-2/h3-6,9,12,16H,7-8,10-11,13H2,1-2H3,(H,21,25). The lowest BCUT2D eigenvalue weighted by Gasteiger charge is -2.32. The lowest BCUT2D eigenvalue weighted by atomic mass is 10.0. The molecule has 1 aliphatic rings. The Labute approximate surface area is 168 Å². The molecule has 3 rings (SSSR count). The summed E-state index contributed by atoms with van der Waals surface area (Å²) in [5, 5.41) is 13.8. The Morgan fingerprint density at radius 3 is 2.66 bits per heavy atom. The molecule has 1 fully saturated rings. The topological polar surface area (TPSA) is 107 Å². The second-order valence-electron chi connectivity index (χ2n) is 7.11. The third-order valence-electron chi connectivity index (χ3n) is 5.18. The third kappa shape index (κ3) is 4.80. The molecular weight excluding hydrogens is 376 g/mol. The molecule has 0 spiro atoms. The number of piperidine rings is 1. The van der Waals surface area contributed by atoms with Crippen molar-refractivity contribution in [2.24, 2.45) is 0 Å². The quantitative estimate of drug-likeness (QED) is 0.454. The van der Waals surface area contributed by atoms with Gasteiger partial charge in [0.15, 0.2) is 0 Å². The number of carbonyl (C=O) groups excluding carboxylic acids is 2. The molecule has 0 aliphatic carbocycles. The molecule has 0 atom stereocenters. The molecule has 0 bridgehead atoms. The number of hydrogen-bond donors (Lipinski definition) is 1. The van der Waals surface area contributed by atoms with Crippen molar-refractivity contribution in [3.05, 3.63) is 57.9 Å². The van der Waals surface area contributed by atoms with Gasteiger partial charge >= 0.3 is 5.97 Å². The highest BCUT2D eigenvalue weighted by molar-refractivity contribution is 5.92. The van der Waals surface area contributed by atoms with Gasteiger partial charge in [0.25, 0.3) is 5.69 Å². The predicted molar refractivity (Wildman–Crippen MR) is 107 cm³/mol. The third-order valence-corrected chi connectivity index (χ3v) is 5.18.